The second-order valence-corrected chi connectivity index (χ2v) is 8.80. The van der Waals surface area contributed by atoms with E-state index in [-0.39, 0.29) is 11.3 Å². The van der Waals surface area contributed by atoms with Gasteiger partial charge in [-0.3, -0.25) is 4.90 Å². The number of carbonyl (C=O) groups excluding carboxylic acids is 1. The number of nitrogens with zero attached hydrogens (tertiary/aromatic N) is 1. The lowest BCUT2D eigenvalue weighted by Gasteiger charge is -2.45. The molecule has 143 valence electrons. The lowest BCUT2D eigenvalue weighted by atomic mass is 9.68. The van der Waals surface area contributed by atoms with Crippen LogP contribution in [-0.2, 0) is 10.2 Å². The van der Waals surface area contributed by atoms with Gasteiger partial charge in [0.05, 0.1) is 0 Å². The van der Waals surface area contributed by atoms with Gasteiger partial charge in [-0.1, -0.05) is 58.1 Å². The van der Waals surface area contributed by atoms with E-state index in [0.717, 1.165) is 38.1 Å². The van der Waals surface area contributed by atoms with Gasteiger partial charge >= 0.3 is 0 Å². The average molecular weight is 357 g/mol. The van der Waals surface area contributed by atoms with E-state index in [4.69, 9.17) is 0 Å². The van der Waals surface area contributed by atoms with Gasteiger partial charge in [0.2, 0.25) is 0 Å². The number of likely N-dealkylation sites (tertiary alicyclic amines) is 1. The first-order chi connectivity index (χ1) is 12.5. The van der Waals surface area contributed by atoms with Crippen LogP contribution in [0.1, 0.15) is 64.4 Å². The van der Waals surface area contributed by atoms with Crippen molar-refractivity contribution in [2.45, 2.75) is 64.2 Å². The molecule has 0 aromatic heterocycles. The molecule has 3 atom stereocenters. The van der Waals surface area contributed by atoms with Crippen molar-refractivity contribution in [2.75, 3.05) is 13.1 Å². The summed E-state index contributed by atoms with van der Waals surface area (Å²) in [7, 11) is 0. The van der Waals surface area contributed by atoms with Crippen LogP contribution >= 0.6 is 0 Å². The number of benzene rings is 1. The Hall–Kier alpha value is -1.35. The number of phenols is 1. The van der Waals surface area contributed by atoms with E-state index in [1.807, 2.05) is 12.1 Å². The standard InChI is InChI=1S/C23H34NO2/c1-18-15-24(16-20(17-25)13-19-7-4-3-5-8-19)12-11-23(18,2)21-9-6-10-22(26)14-21/h6,9-10,14,16-20,26H,3-5,7-8,11-13,15H2,1-2H3. The summed E-state index contributed by atoms with van der Waals surface area (Å²) in [6, 6.07) is 7.72. The van der Waals surface area contributed by atoms with Gasteiger partial charge in [-0.15, -0.1) is 0 Å². The third-order valence-electron chi connectivity index (χ3n) is 6.93. The van der Waals surface area contributed by atoms with Crippen molar-refractivity contribution < 1.29 is 9.90 Å². The summed E-state index contributed by atoms with van der Waals surface area (Å²) in [4.78, 5) is 14.0. The van der Waals surface area contributed by atoms with Gasteiger partial charge in [-0.25, -0.2) is 0 Å². The first kappa shape index (κ1) is 19.4. The third kappa shape index (κ3) is 4.49. The average Bonchev–Trinajstić information content (AvgIpc) is 2.65. The summed E-state index contributed by atoms with van der Waals surface area (Å²) in [6.07, 6.45) is 9.85. The maximum Gasteiger partial charge on any atom is 0.124 e. The molecule has 0 spiro atoms. The summed E-state index contributed by atoms with van der Waals surface area (Å²) in [5.74, 6) is 1.61. The highest BCUT2D eigenvalue weighted by Gasteiger charge is 2.38. The van der Waals surface area contributed by atoms with Crippen molar-refractivity contribution in [1.29, 1.82) is 0 Å². The minimum Gasteiger partial charge on any atom is -0.508 e. The number of rotatable bonds is 6. The van der Waals surface area contributed by atoms with Crippen LogP contribution in [0.25, 0.3) is 0 Å². The smallest absolute Gasteiger partial charge is 0.124 e. The summed E-state index contributed by atoms with van der Waals surface area (Å²) in [6.45, 7) is 8.76. The Morgan fingerprint density at radius 2 is 2.08 bits per heavy atom. The predicted molar refractivity (Wildman–Crippen MR) is 106 cm³/mol. The Kier molecular flexibility index (Phi) is 6.39. The molecule has 0 bridgehead atoms. The molecule has 1 aliphatic heterocycles. The number of piperidine rings is 1. The summed E-state index contributed by atoms with van der Waals surface area (Å²) < 4.78 is 0. The Morgan fingerprint density at radius 3 is 2.73 bits per heavy atom. The fourth-order valence-electron chi connectivity index (χ4n) is 4.92. The van der Waals surface area contributed by atoms with E-state index >= 15 is 0 Å². The summed E-state index contributed by atoms with van der Waals surface area (Å²) in [5, 5.41) is 9.85. The van der Waals surface area contributed by atoms with Crippen molar-refractivity contribution in [3.63, 3.8) is 0 Å². The van der Waals surface area contributed by atoms with E-state index in [1.54, 1.807) is 6.07 Å². The molecule has 3 nitrogen and oxygen atoms in total. The summed E-state index contributed by atoms with van der Waals surface area (Å²) >= 11 is 0. The van der Waals surface area contributed by atoms with Gasteiger partial charge in [-0.2, -0.15) is 0 Å². The van der Waals surface area contributed by atoms with Crippen LogP contribution in [0.2, 0.25) is 0 Å². The van der Waals surface area contributed by atoms with E-state index in [2.05, 4.69) is 31.4 Å². The number of aromatic hydroxyl groups is 1. The lowest BCUT2D eigenvalue weighted by molar-refractivity contribution is -0.111. The highest BCUT2D eigenvalue weighted by atomic mass is 16.3. The molecule has 1 radical (unpaired) electrons. The lowest BCUT2D eigenvalue weighted by Crippen LogP contribution is -2.47. The van der Waals surface area contributed by atoms with Crippen LogP contribution in [0.5, 0.6) is 5.75 Å². The molecule has 0 amide bonds. The van der Waals surface area contributed by atoms with Crippen molar-refractivity contribution in [2.24, 2.45) is 17.8 Å². The molecule has 3 unspecified atom stereocenters. The normalized spacial score (nSPS) is 29.4. The molecule has 1 heterocycles. The van der Waals surface area contributed by atoms with Crippen LogP contribution in [0, 0.1) is 24.3 Å². The fraction of sp³-hybridized carbons (Fsp3) is 0.652. The van der Waals surface area contributed by atoms with E-state index < -0.39 is 0 Å². The second kappa shape index (κ2) is 8.56. The molecule has 1 aromatic carbocycles. The van der Waals surface area contributed by atoms with Crippen LogP contribution < -0.4 is 0 Å². The van der Waals surface area contributed by atoms with Crippen molar-refractivity contribution in [3.05, 3.63) is 36.4 Å². The maximum absolute atomic E-state index is 11.6. The minimum atomic E-state index is 0.0652. The highest BCUT2D eigenvalue weighted by Crippen LogP contribution is 2.41. The molecule has 1 saturated carbocycles. The molecule has 3 rings (SSSR count). The van der Waals surface area contributed by atoms with Gasteiger partial charge in [0, 0.05) is 19.0 Å². The Morgan fingerprint density at radius 1 is 1.31 bits per heavy atom. The number of phenolic OH excluding ortho intramolecular Hbond substituents is 1. The zero-order valence-electron chi connectivity index (χ0n) is 16.4. The molecule has 1 aromatic rings. The molecular formula is C23H34NO2. The van der Waals surface area contributed by atoms with E-state index in [0.29, 0.717) is 11.7 Å². The summed E-state index contributed by atoms with van der Waals surface area (Å²) in [5.41, 5.74) is 1.29. The molecule has 26 heavy (non-hydrogen) atoms. The molecule has 1 saturated heterocycles. The molecule has 1 aliphatic carbocycles. The van der Waals surface area contributed by atoms with E-state index in [9.17, 15) is 9.90 Å². The molecule has 2 aliphatic rings. The highest BCUT2D eigenvalue weighted by molar-refractivity contribution is 5.55. The van der Waals surface area contributed by atoms with Gasteiger partial charge in [-0.05, 0) is 54.3 Å². The third-order valence-corrected chi connectivity index (χ3v) is 6.93. The Labute approximate surface area is 158 Å². The Balaban J connectivity index is 1.58. The van der Waals surface area contributed by atoms with Crippen molar-refractivity contribution >= 4 is 6.29 Å². The van der Waals surface area contributed by atoms with Crippen LogP contribution in [0.15, 0.2) is 24.3 Å². The number of hydrogen-bond donors (Lipinski definition) is 1. The van der Waals surface area contributed by atoms with Crippen LogP contribution in [0.3, 0.4) is 0 Å². The van der Waals surface area contributed by atoms with Crippen molar-refractivity contribution in [3.8, 4) is 5.75 Å². The van der Waals surface area contributed by atoms with Crippen LogP contribution in [0.4, 0.5) is 0 Å². The topological polar surface area (TPSA) is 40.5 Å². The van der Waals surface area contributed by atoms with Gasteiger partial charge in [0.25, 0.3) is 0 Å². The quantitative estimate of drug-likeness (QED) is 0.734. The molecule has 2 fully saturated rings. The second-order valence-electron chi connectivity index (χ2n) is 8.80. The predicted octanol–water partition coefficient (Wildman–Crippen LogP) is 4.94. The molecule has 1 N–H and O–H groups in total. The zero-order chi connectivity index (χ0) is 18.6. The van der Waals surface area contributed by atoms with Crippen LogP contribution in [-0.4, -0.2) is 29.4 Å². The fourth-order valence-corrected chi connectivity index (χ4v) is 4.92. The zero-order valence-corrected chi connectivity index (χ0v) is 16.4. The maximum atomic E-state index is 11.6. The largest absolute Gasteiger partial charge is 0.508 e. The van der Waals surface area contributed by atoms with Gasteiger partial charge in [0.1, 0.15) is 12.0 Å². The number of carbonyl (C=O) groups is 1. The van der Waals surface area contributed by atoms with E-state index in [1.165, 1.54) is 37.7 Å². The van der Waals surface area contributed by atoms with Crippen molar-refractivity contribution in [1.82, 2.24) is 4.90 Å². The first-order valence-electron chi connectivity index (χ1n) is 10.3. The monoisotopic (exact) mass is 356 g/mol. The molecular weight excluding hydrogens is 322 g/mol. The van der Waals surface area contributed by atoms with Gasteiger partial charge < -0.3 is 9.90 Å². The SMILES string of the molecule is CC1CN([CH]C(C=O)CC2CCCCC2)CCC1(C)c1cccc(O)c1. The number of aldehydes is 1. The number of hydrogen-bond acceptors (Lipinski definition) is 3. The minimum absolute atomic E-state index is 0.0652. The first-order valence-corrected chi connectivity index (χ1v) is 10.3. The Bertz CT molecular complexity index is 596. The van der Waals surface area contributed by atoms with Gasteiger partial charge in [0.15, 0.2) is 0 Å². The molecule has 3 heteroatoms.